The van der Waals surface area contributed by atoms with Gasteiger partial charge >= 0.3 is 0 Å². The van der Waals surface area contributed by atoms with Crippen LogP contribution in [0.4, 0.5) is 5.82 Å². The van der Waals surface area contributed by atoms with E-state index in [-0.39, 0.29) is 0 Å². The van der Waals surface area contributed by atoms with Crippen LogP contribution in [-0.4, -0.2) is 28.0 Å². The molecule has 0 fully saturated rings. The summed E-state index contributed by atoms with van der Waals surface area (Å²) in [6.07, 6.45) is 1.90. The average molecular weight is 306 g/mol. The second-order valence-electron chi connectivity index (χ2n) is 4.06. The fraction of sp³-hybridized carbons (Fsp3) is 0.200. The molecule has 0 bridgehead atoms. The molecule has 5 heteroatoms. The molecule has 1 N–H and O–H groups in total. The molecule has 0 aliphatic rings. The molecule has 3 nitrogen and oxygen atoms in total. The van der Waals surface area contributed by atoms with Gasteiger partial charge in [0.15, 0.2) is 5.82 Å². The lowest BCUT2D eigenvalue weighted by molar-refractivity contribution is 1.12. The molecule has 2 rings (SSSR count). The van der Waals surface area contributed by atoms with Crippen LogP contribution in [0, 0.1) is 0 Å². The molecule has 0 amide bonds. The summed E-state index contributed by atoms with van der Waals surface area (Å²) in [6.45, 7) is 4.53. The third-order valence-electron chi connectivity index (χ3n) is 2.52. The predicted molar refractivity (Wildman–Crippen MR) is 88.5 cm³/mol. The van der Waals surface area contributed by atoms with Crippen LogP contribution in [0.2, 0.25) is 5.15 Å². The third kappa shape index (κ3) is 4.54. The van der Waals surface area contributed by atoms with Crippen LogP contribution in [0.25, 0.3) is 11.4 Å². The number of rotatable bonds is 7. The van der Waals surface area contributed by atoms with Crippen molar-refractivity contribution in [3.8, 4) is 11.4 Å². The van der Waals surface area contributed by atoms with Gasteiger partial charge in [0.1, 0.15) is 11.0 Å². The zero-order chi connectivity index (χ0) is 14.2. The van der Waals surface area contributed by atoms with E-state index in [0.29, 0.717) is 11.0 Å². The second-order valence-corrected chi connectivity index (χ2v) is 5.59. The van der Waals surface area contributed by atoms with E-state index in [9.17, 15) is 0 Å². The fourth-order valence-electron chi connectivity index (χ4n) is 1.64. The Hall–Kier alpha value is -1.52. The number of hydrogen-bond donors (Lipinski definition) is 1. The lowest BCUT2D eigenvalue weighted by Crippen LogP contribution is -2.07. The first-order valence-electron chi connectivity index (χ1n) is 6.32. The lowest BCUT2D eigenvalue weighted by atomic mass is 10.2. The monoisotopic (exact) mass is 305 g/mol. The van der Waals surface area contributed by atoms with Gasteiger partial charge in [-0.1, -0.05) is 48.0 Å². The normalized spacial score (nSPS) is 10.2. The first-order chi connectivity index (χ1) is 9.79. The Kier molecular flexibility index (Phi) is 5.89. The van der Waals surface area contributed by atoms with E-state index in [1.165, 1.54) is 0 Å². The minimum absolute atomic E-state index is 0.445. The van der Waals surface area contributed by atoms with E-state index in [2.05, 4.69) is 21.9 Å². The minimum Gasteiger partial charge on any atom is -0.369 e. The number of nitrogens with zero attached hydrogens (tertiary/aromatic N) is 2. The van der Waals surface area contributed by atoms with Crippen molar-refractivity contribution in [3.63, 3.8) is 0 Å². The highest BCUT2D eigenvalue weighted by atomic mass is 35.5. The van der Waals surface area contributed by atoms with Gasteiger partial charge in [0.2, 0.25) is 0 Å². The summed E-state index contributed by atoms with van der Waals surface area (Å²) < 4.78 is 0. The summed E-state index contributed by atoms with van der Waals surface area (Å²) >= 11 is 7.87. The van der Waals surface area contributed by atoms with Gasteiger partial charge in [0, 0.05) is 29.7 Å². The summed E-state index contributed by atoms with van der Waals surface area (Å²) in [5.41, 5.74) is 0.957. The molecule has 2 aromatic rings. The molecule has 0 saturated carbocycles. The fourth-order valence-corrected chi connectivity index (χ4v) is 2.41. The van der Waals surface area contributed by atoms with Gasteiger partial charge < -0.3 is 5.32 Å². The van der Waals surface area contributed by atoms with Crippen LogP contribution in [0.5, 0.6) is 0 Å². The Morgan fingerprint density at radius 2 is 2.05 bits per heavy atom. The zero-order valence-corrected chi connectivity index (χ0v) is 12.6. The van der Waals surface area contributed by atoms with Crippen LogP contribution in [0.3, 0.4) is 0 Å². The van der Waals surface area contributed by atoms with Gasteiger partial charge in [-0.05, 0) is 0 Å². The van der Waals surface area contributed by atoms with Crippen LogP contribution in [0.1, 0.15) is 0 Å². The summed E-state index contributed by atoms with van der Waals surface area (Å²) in [5, 5.41) is 3.71. The maximum Gasteiger partial charge on any atom is 0.163 e. The molecule has 20 heavy (non-hydrogen) atoms. The number of hydrogen-bond acceptors (Lipinski definition) is 4. The van der Waals surface area contributed by atoms with Gasteiger partial charge in [-0.2, -0.15) is 11.8 Å². The highest BCUT2D eigenvalue weighted by Gasteiger charge is 2.05. The summed E-state index contributed by atoms with van der Waals surface area (Å²) in [5.74, 6) is 3.35. The highest BCUT2D eigenvalue weighted by molar-refractivity contribution is 7.99. The van der Waals surface area contributed by atoms with Crippen molar-refractivity contribution in [1.82, 2.24) is 9.97 Å². The standard InChI is InChI=1S/C15H16ClN3S/c1-2-9-20-10-8-17-14-11-13(16)18-15(19-14)12-6-4-3-5-7-12/h2-7,11H,1,8-10H2,(H,17,18,19). The van der Waals surface area contributed by atoms with Crippen molar-refractivity contribution in [2.24, 2.45) is 0 Å². The number of benzene rings is 1. The maximum absolute atomic E-state index is 6.05. The van der Waals surface area contributed by atoms with Crippen molar-refractivity contribution in [3.05, 3.63) is 54.2 Å². The van der Waals surface area contributed by atoms with Crippen LogP contribution in [-0.2, 0) is 0 Å². The SMILES string of the molecule is C=CCSCCNc1cc(Cl)nc(-c2ccccc2)n1. The Labute approximate surface area is 128 Å². The lowest BCUT2D eigenvalue weighted by Gasteiger charge is -2.07. The first kappa shape index (κ1) is 14.9. The van der Waals surface area contributed by atoms with Crippen molar-refractivity contribution in [1.29, 1.82) is 0 Å². The Balaban J connectivity index is 2.03. The Morgan fingerprint density at radius 3 is 2.80 bits per heavy atom. The van der Waals surface area contributed by atoms with E-state index in [1.807, 2.05) is 48.2 Å². The van der Waals surface area contributed by atoms with E-state index in [4.69, 9.17) is 11.6 Å². The molecule has 0 spiro atoms. The summed E-state index contributed by atoms with van der Waals surface area (Å²) in [4.78, 5) is 8.74. The summed E-state index contributed by atoms with van der Waals surface area (Å²) in [7, 11) is 0. The minimum atomic E-state index is 0.445. The third-order valence-corrected chi connectivity index (χ3v) is 3.67. The average Bonchev–Trinajstić information content (AvgIpc) is 2.47. The molecule has 0 radical (unpaired) electrons. The number of nitrogens with one attached hydrogen (secondary N) is 1. The van der Waals surface area contributed by atoms with Gasteiger partial charge in [-0.25, -0.2) is 9.97 Å². The molecule has 0 aliphatic heterocycles. The van der Waals surface area contributed by atoms with E-state index < -0.39 is 0 Å². The molecular formula is C15H16ClN3S. The smallest absolute Gasteiger partial charge is 0.163 e. The van der Waals surface area contributed by atoms with Gasteiger partial charge in [-0.3, -0.25) is 0 Å². The van der Waals surface area contributed by atoms with Crippen molar-refractivity contribution < 1.29 is 0 Å². The highest BCUT2D eigenvalue weighted by Crippen LogP contribution is 2.19. The molecule has 0 unspecified atom stereocenters. The largest absolute Gasteiger partial charge is 0.369 e. The molecule has 0 aliphatic carbocycles. The summed E-state index contributed by atoms with van der Waals surface area (Å²) in [6, 6.07) is 11.6. The van der Waals surface area contributed by atoms with Gasteiger partial charge in [0.05, 0.1) is 0 Å². The molecule has 0 atom stereocenters. The topological polar surface area (TPSA) is 37.8 Å². The van der Waals surface area contributed by atoms with Crippen molar-refractivity contribution in [2.45, 2.75) is 0 Å². The van der Waals surface area contributed by atoms with Crippen LogP contribution in [0.15, 0.2) is 49.1 Å². The Bertz CT molecular complexity index is 560. The zero-order valence-electron chi connectivity index (χ0n) is 11.1. The van der Waals surface area contributed by atoms with Gasteiger partial charge in [0.25, 0.3) is 0 Å². The number of halogens is 1. The molecule has 1 heterocycles. The quantitative estimate of drug-likeness (QED) is 0.474. The number of thioether (sulfide) groups is 1. The van der Waals surface area contributed by atoms with E-state index in [0.717, 1.165) is 29.4 Å². The van der Waals surface area contributed by atoms with Crippen molar-refractivity contribution >= 4 is 29.2 Å². The molecular weight excluding hydrogens is 290 g/mol. The molecule has 104 valence electrons. The van der Waals surface area contributed by atoms with Crippen molar-refractivity contribution in [2.75, 3.05) is 23.4 Å². The predicted octanol–water partition coefficient (Wildman–Crippen LogP) is 4.13. The second kappa shape index (κ2) is 7.92. The maximum atomic E-state index is 6.05. The van der Waals surface area contributed by atoms with E-state index >= 15 is 0 Å². The number of aromatic nitrogens is 2. The molecule has 1 aromatic carbocycles. The Morgan fingerprint density at radius 1 is 1.25 bits per heavy atom. The molecule has 0 saturated heterocycles. The first-order valence-corrected chi connectivity index (χ1v) is 7.85. The number of anilines is 1. The van der Waals surface area contributed by atoms with Crippen LogP contribution >= 0.6 is 23.4 Å². The molecule has 1 aromatic heterocycles. The van der Waals surface area contributed by atoms with Gasteiger partial charge in [-0.15, -0.1) is 6.58 Å². The van der Waals surface area contributed by atoms with E-state index in [1.54, 1.807) is 6.07 Å². The van der Waals surface area contributed by atoms with Crippen LogP contribution < -0.4 is 5.32 Å².